The highest BCUT2D eigenvalue weighted by molar-refractivity contribution is 5.41. The average molecular weight is 262 g/mol. The van der Waals surface area contributed by atoms with E-state index in [1.165, 1.54) is 32.4 Å². The molecule has 2 fully saturated rings. The minimum Gasteiger partial charge on any atom is -0.481 e. The number of hydrogen-bond donors (Lipinski definition) is 0. The van der Waals surface area contributed by atoms with E-state index in [0.29, 0.717) is 11.3 Å². The molecule has 1 aromatic rings. The van der Waals surface area contributed by atoms with Gasteiger partial charge in [0.15, 0.2) is 0 Å². The molecule has 3 rings (SSSR count). The summed E-state index contributed by atoms with van der Waals surface area (Å²) in [7, 11) is 3.87. The first kappa shape index (κ1) is 12.7. The summed E-state index contributed by atoms with van der Waals surface area (Å²) in [5.74, 6) is 1.65. The van der Waals surface area contributed by atoms with E-state index < -0.39 is 0 Å². The Morgan fingerprint density at radius 2 is 2.11 bits per heavy atom. The van der Waals surface area contributed by atoms with Crippen LogP contribution in [0.2, 0.25) is 0 Å². The second kappa shape index (κ2) is 4.96. The van der Waals surface area contributed by atoms with Crippen molar-refractivity contribution < 1.29 is 4.74 Å². The summed E-state index contributed by atoms with van der Waals surface area (Å²) in [6.45, 7) is 4.63. The van der Waals surface area contributed by atoms with Crippen molar-refractivity contribution in [2.24, 2.45) is 5.41 Å². The van der Waals surface area contributed by atoms with Crippen LogP contribution in [0.15, 0.2) is 12.4 Å². The smallest absolute Gasteiger partial charge is 0.218 e. The molecule has 0 radical (unpaired) electrons. The quantitative estimate of drug-likeness (QED) is 0.806. The first-order valence-corrected chi connectivity index (χ1v) is 7.00. The highest BCUT2D eigenvalue weighted by atomic mass is 16.5. The van der Waals surface area contributed by atoms with Crippen molar-refractivity contribution in [1.29, 1.82) is 0 Å². The van der Waals surface area contributed by atoms with Crippen molar-refractivity contribution in [1.82, 2.24) is 14.9 Å². The molecule has 1 aromatic heterocycles. The van der Waals surface area contributed by atoms with E-state index in [4.69, 9.17) is 4.74 Å². The lowest BCUT2D eigenvalue weighted by atomic mass is 9.79. The number of ether oxygens (including phenoxy) is 1. The van der Waals surface area contributed by atoms with Crippen LogP contribution in [0.4, 0.5) is 5.82 Å². The molecule has 1 spiro atoms. The van der Waals surface area contributed by atoms with Gasteiger partial charge < -0.3 is 14.5 Å². The summed E-state index contributed by atoms with van der Waals surface area (Å²) in [6, 6.07) is 1.94. The second-order valence-corrected chi connectivity index (χ2v) is 5.93. The van der Waals surface area contributed by atoms with E-state index in [1.807, 2.05) is 6.07 Å². The van der Waals surface area contributed by atoms with Gasteiger partial charge in [0.25, 0.3) is 0 Å². The van der Waals surface area contributed by atoms with Crippen LogP contribution in [-0.4, -0.2) is 55.2 Å². The number of piperidine rings is 1. The van der Waals surface area contributed by atoms with Crippen molar-refractivity contribution in [3.05, 3.63) is 12.4 Å². The molecule has 5 nitrogen and oxygen atoms in total. The number of likely N-dealkylation sites (tertiary alicyclic amines) is 1. The normalized spacial score (nSPS) is 28.0. The number of hydrogen-bond acceptors (Lipinski definition) is 5. The second-order valence-electron chi connectivity index (χ2n) is 5.93. The van der Waals surface area contributed by atoms with Gasteiger partial charge in [0, 0.05) is 31.1 Å². The molecule has 0 aromatic carbocycles. The number of aromatic nitrogens is 2. The van der Waals surface area contributed by atoms with Gasteiger partial charge in [-0.3, -0.25) is 0 Å². The van der Waals surface area contributed by atoms with Gasteiger partial charge in [-0.2, -0.15) is 0 Å². The van der Waals surface area contributed by atoms with Gasteiger partial charge in [0.05, 0.1) is 7.11 Å². The molecule has 2 aliphatic heterocycles. The maximum Gasteiger partial charge on any atom is 0.218 e. The lowest BCUT2D eigenvalue weighted by Crippen LogP contribution is -2.45. The van der Waals surface area contributed by atoms with Crippen LogP contribution in [0.1, 0.15) is 19.3 Å². The summed E-state index contributed by atoms with van der Waals surface area (Å²) < 4.78 is 5.19. The molecule has 0 amide bonds. The van der Waals surface area contributed by atoms with Gasteiger partial charge in [-0.05, 0) is 32.9 Å². The molecule has 2 saturated heterocycles. The van der Waals surface area contributed by atoms with E-state index in [1.54, 1.807) is 13.4 Å². The Bertz CT molecular complexity index is 449. The third-order valence-electron chi connectivity index (χ3n) is 4.45. The van der Waals surface area contributed by atoms with Crippen LogP contribution >= 0.6 is 0 Å². The van der Waals surface area contributed by atoms with E-state index >= 15 is 0 Å². The van der Waals surface area contributed by atoms with Crippen molar-refractivity contribution in [2.75, 3.05) is 45.2 Å². The van der Waals surface area contributed by atoms with Crippen molar-refractivity contribution in [3.8, 4) is 5.88 Å². The molecule has 0 saturated carbocycles. The Balaban J connectivity index is 1.77. The third-order valence-corrected chi connectivity index (χ3v) is 4.45. The Morgan fingerprint density at radius 3 is 2.84 bits per heavy atom. The van der Waals surface area contributed by atoms with Crippen LogP contribution in [0.25, 0.3) is 0 Å². The summed E-state index contributed by atoms with van der Waals surface area (Å²) in [5.41, 5.74) is 0.463. The maximum atomic E-state index is 5.19. The molecule has 0 bridgehead atoms. The van der Waals surface area contributed by atoms with Crippen LogP contribution in [0.5, 0.6) is 5.88 Å². The Labute approximate surface area is 114 Å². The van der Waals surface area contributed by atoms with E-state index in [2.05, 4.69) is 26.8 Å². The zero-order chi connectivity index (χ0) is 13.3. The maximum absolute atomic E-state index is 5.19. The Morgan fingerprint density at radius 1 is 1.21 bits per heavy atom. The fraction of sp³-hybridized carbons (Fsp3) is 0.714. The molecule has 0 aliphatic carbocycles. The molecular formula is C14H22N4O. The molecule has 0 unspecified atom stereocenters. The molecule has 104 valence electrons. The average Bonchev–Trinajstić information content (AvgIpc) is 2.79. The zero-order valence-corrected chi connectivity index (χ0v) is 11.8. The summed E-state index contributed by atoms with van der Waals surface area (Å²) >= 11 is 0. The fourth-order valence-electron chi connectivity index (χ4n) is 3.51. The predicted octanol–water partition coefficient (Wildman–Crippen LogP) is 1.41. The Hall–Kier alpha value is -1.36. The van der Waals surface area contributed by atoms with Crippen molar-refractivity contribution in [3.63, 3.8) is 0 Å². The van der Waals surface area contributed by atoms with Gasteiger partial charge in [0.2, 0.25) is 5.88 Å². The standard InChI is InChI=1S/C14H22N4O/c1-17-7-5-14(9-17)4-3-6-18(10-14)12-8-13(19-2)16-11-15-12/h8,11H,3-7,9-10H2,1-2H3/t14-/m0/s1. The van der Waals surface area contributed by atoms with Gasteiger partial charge in [0.1, 0.15) is 12.1 Å². The minimum absolute atomic E-state index is 0.463. The summed E-state index contributed by atoms with van der Waals surface area (Å²) in [5, 5.41) is 0. The highest BCUT2D eigenvalue weighted by Crippen LogP contribution is 2.39. The number of methoxy groups -OCH3 is 1. The summed E-state index contributed by atoms with van der Waals surface area (Å²) in [4.78, 5) is 13.3. The van der Waals surface area contributed by atoms with Crippen LogP contribution in [-0.2, 0) is 0 Å². The van der Waals surface area contributed by atoms with E-state index in [9.17, 15) is 0 Å². The van der Waals surface area contributed by atoms with Crippen LogP contribution < -0.4 is 9.64 Å². The SMILES string of the molecule is COc1cc(N2CCC[C@@]3(CCN(C)C3)C2)ncn1. The van der Waals surface area contributed by atoms with Crippen molar-refractivity contribution in [2.45, 2.75) is 19.3 Å². The van der Waals surface area contributed by atoms with Gasteiger partial charge >= 0.3 is 0 Å². The highest BCUT2D eigenvalue weighted by Gasteiger charge is 2.40. The monoisotopic (exact) mass is 262 g/mol. The van der Waals surface area contributed by atoms with Gasteiger partial charge in [-0.15, -0.1) is 0 Å². The number of anilines is 1. The predicted molar refractivity (Wildman–Crippen MR) is 74.6 cm³/mol. The van der Waals surface area contributed by atoms with Gasteiger partial charge in [-0.1, -0.05) is 0 Å². The fourth-order valence-corrected chi connectivity index (χ4v) is 3.51. The summed E-state index contributed by atoms with van der Waals surface area (Å²) in [6.07, 6.45) is 5.49. The third kappa shape index (κ3) is 2.52. The van der Waals surface area contributed by atoms with E-state index in [0.717, 1.165) is 18.9 Å². The molecule has 2 aliphatic rings. The molecular weight excluding hydrogens is 240 g/mol. The molecule has 5 heteroatoms. The topological polar surface area (TPSA) is 41.5 Å². The Kier molecular flexibility index (Phi) is 3.31. The largest absolute Gasteiger partial charge is 0.481 e. The van der Waals surface area contributed by atoms with Crippen molar-refractivity contribution >= 4 is 5.82 Å². The first-order valence-electron chi connectivity index (χ1n) is 7.00. The zero-order valence-electron chi connectivity index (χ0n) is 11.8. The first-order chi connectivity index (χ1) is 9.21. The van der Waals surface area contributed by atoms with E-state index in [-0.39, 0.29) is 0 Å². The van der Waals surface area contributed by atoms with Crippen LogP contribution in [0, 0.1) is 5.41 Å². The molecule has 0 N–H and O–H groups in total. The van der Waals surface area contributed by atoms with Crippen LogP contribution in [0.3, 0.4) is 0 Å². The number of nitrogens with zero attached hydrogens (tertiary/aromatic N) is 4. The lowest BCUT2D eigenvalue weighted by Gasteiger charge is -2.41. The minimum atomic E-state index is 0.463. The number of rotatable bonds is 2. The molecule has 19 heavy (non-hydrogen) atoms. The molecule has 1 atom stereocenters. The lowest BCUT2D eigenvalue weighted by molar-refractivity contribution is 0.233. The van der Waals surface area contributed by atoms with Gasteiger partial charge in [-0.25, -0.2) is 9.97 Å². The molecule has 3 heterocycles.